The Labute approximate surface area is 211 Å². The van der Waals surface area contributed by atoms with Gasteiger partial charge in [0.2, 0.25) is 0 Å². The number of hydrogen-bond acceptors (Lipinski definition) is 6. The lowest BCUT2D eigenvalue weighted by atomic mass is 9.92. The molecule has 0 bridgehead atoms. The fourth-order valence-corrected chi connectivity index (χ4v) is 4.50. The predicted octanol–water partition coefficient (Wildman–Crippen LogP) is 7.02. The number of benzene rings is 3. The van der Waals surface area contributed by atoms with Crippen LogP contribution in [0, 0.1) is 12.7 Å². The number of halogens is 2. The van der Waals surface area contributed by atoms with E-state index in [4.69, 9.17) is 16.3 Å². The van der Waals surface area contributed by atoms with E-state index in [0.717, 1.165) is 22.3 Å². The number of pyridine rings is 1. The van der Waals surface area contributed by atoms with Gasteiger partial charge in [0.15, 0.2) is 12.1 Å². The molecule has 6 nitrogen and oxygen atoms in total. The number of nitrogens with one attached hydrogen (secondary N) is 1. The Morgan fingerprint density at radius 1 is 0.944 bits per heavy atom. The molecule has 2 aromatic heterocycles. The first-order valence-corrected chi connectivity index (χ1v) is 11.4. The molecule has 1 N–H and O–H groups in total. The van der Waals surface area contributed by atoms with Crippen LogP contribution >= 0.6 is 11.6 Å². The number of rotatable bonds is 6. The van der Waals surface area contributed by atoms with E-state index >= 15 is 0 Å². The van der Waals surface area contributed by atoms with Crippen molar-refractivity contribution in [3.05, 3.63) is 95.2 Å². The van der Waals surface area contributed by atoms with Gasteiger partial charge in [0.05, 0.1) is 28.9 Å². The summed E-state index contributed by atoms with van der Waals surface area (Å²) >= 11 is 6.88. The molecule has 0 saturated carbocycles. The van der Waals surface area contributed by atoms with Gasteiger partial charge in [-0.05, 0) is 53.4 Å². The van der Waals surface area contributed by atoms with E-state index in [1.165, 1.54) is 13.2 Å². The first-order valence-electron chi connectivity index (χ1n) is 11.1. The van der Waals surface area contributed by atoms with E-state index in [2.05, 4.69) is 20.3 Å². The van der Waals surface area contributed by atoms with Crippen molar-refractivity contribution in [1.82, 2.24) is 15.0 Å². The average Bonchev–Trinajstić information content (AvgIpc) is 2.90. The number of carbonyl (C=O) groups excluding carboxylic acids is 1. The standard InChI is InChI=1S/C28H20ClFN4O2/c1-16-18(17-13-22(30)21(15-35)25(14-17)36-2)5-3-6-19(16)20-7-4-8-23(26(20)29)34-28-27-24(9-10-33-28)31-11-12-32-27/h3-15H,1-2H3,(H,33,34). The van der Waals surface area contributed by atoms with Crippen molar-refractivity contribution >= 4 is 40.4 Å². The van der Waals surface area contributed by atoms with Gasteiger partial charge in [-0.25, -0.2) is 14.4 Å². The molecule has 8 heteroatoms. The van der Waals surface area contributed by atoms with Crippen LogP contribution < -0.4 is 10.1 Å². The van der Waals surface area contributed by atoms with Crippen molar-refractivity contribution in [1.29, 1.82) is 0 Å². The molecule has 0 spiro atoms. The van der Waals surface area contributed by atoms with E-state index in [-0.39, 0.29) is 11.3 Å². The third-order valence-electron chi connectivity index (χ3n) is 6.00. The lowest BCUT2D eigenvalue weighted by Gasteiger charge is -2.17. The minimum atomic E-state index is -0.640. The summed E-state index contributed by atoms with van der Waals surface area (Å²) in [4.78, 5) is 24.4. The number of anilines is 2. The minimum absolute atomic E-state index is 0.108. The van der Waals surface area contributed by atoms with Gasteiger partial charge < -0.3 is 10.1 Å². The predicted molar refractivity (Wildman–Crippen MR) is 140 cm³/mol. The van der Waals surface area contributed by atoms with Crippen LogP contribution in [0.1, 0.15) is 15.9 Å². The van der Waals surface area contributed by atoms with Crippen molar-refractivity contribution in [2.45, 2.75) is 6.92 Å². The second-order valence-corrected chi connectivity index (χ2v) is 8.42. The molecule has 0 radical (unpaired) electrons. The number of ether oxygens (including phenoxy) is 1. The Balaban J connectivity index is 1.58. The van der Waals surface area contributed by atoms with Crippen LogP contribution in [-0.4, -0.2) is 28.3 Å². The summed E-state index contributed by atoms with van der Waals surface area (Å²) in [6.45, 7) is 1.95. The highest BCUT2D eigenvalue weighted by atomic mass is 35.5. The molecule has 36 heavy (non-hydrogen) atoms. The van der Waals surface area contributed by atoms with Gasteiger partial charge in [-0.3, -0.25) is 9.78 Å². The van der Waals surface area contributed by atoms with Crippen molar-refractivity contribution < 1.29 is 13.9 Å². The van der Waals surface area contributed by atoms with E-state index in [1.807, 2.05) is 43.3 Å². The Kier molecular flexibility index (Phi) is 6.31. The SMILES string of the molecule is COc1cc(-c2cccc(-c3cccc(Nc4nccc5nccnc45)c3Cl)c2C)cc(F)c1C=O. The summed E-state index contributed by atoms with van der Waals surface area (Å²) in [6.07, 6.45) is 5.36. The monoisotopic (exact) mass is 498 g/mol. The van der Waals surface area contributed by atoms with Crippen LogP contribution in [-0.2, 0) is 0 Å². The Bertz CT molecular complexity index is 1620. The third kappa shape index (κ3) is 4.14. The Morgan fingerprint density at radius 3 is 2.50 bits per heavy atom. The van der Waals surface area contributed by atoms with Crippen LogP contribution in [0.4, 0.5) is 15.9 Å². The molecule has 5 aromatic rings. The zero-order valence-electron chi connectivity index (χ0n) is 19.4. The summed E-state index contributed by atoms with van der Waals surface area (Å²) in [5.74, 6) is 0.0850. The fourth-order valence-electron chi connectivity index (χ4n) is 4.22. The Morgan fingerprint density at radius 2 is 1.69 bits per heavy atom. The number of hydrogen-bond donors (Lipinski definition) is 1. The van der Waals surface area contributed by atoms with Gasteiger partial charge in [-0.15, -0.1) is 0 Å². The number of carbonyl (C=O) groups is 1. The van der Waals surface area contributed by atoms with E-state index in [9.17, 15) is 9.18 Å². The first-order chi connectivity index (χ1) is 17.5. The zero-order valence-corrected chi connectivity index (χ0v) is 20.2. The summed E-state index contributed by atoms with van der Waals surface area (Å²) in [7, 11) is 1.41. The quantitative estimate of drug-likeness (QED) is 0.253. The molecule has 0 aliphatic carbocycles. The Hall–Kier alpha value is -4.36. The molecular weight excluding hydrogens is 479 g/mol. The second-order valence-electron chi connectivity index (χ2n) is 8.05. The summed E-state index contributed by atoms with van der Waals surface area (Å²) in [6, 6.07) is 16.2. The maximum atomic E-state index is 14.6. The molecule has 0 atom stereocenters. The number of methoxy groups -OCH3 is 1. The first kappa shape index (κ1) is 23.4. The van der Waals surface area contributed by atoms with Gasteiger partial charge in [-0.1, -0.05) is 41.9 Å². The summed E-state index contributed by atoms with van der Waals surface area (Å²) in [5, 5.41) is 3.78. The highest BCUT2D eigenvalue weighted by molar-refractivity contribution is 6.36. The van der Waals surface area contributed by atoms with Crippen LogP contribution in [0.3, 0.4) is 0 Å². The van der Waals surface area contributed by atoms with Gasteiger partial charge in [0.1, 0.15) is 17.1 Å². The van der Waals surface area contributed by atoms with Crippen LogP contribution in [0.15, 0.2) is 73.2 Å². The van der Waals surface area contributed by atoms with E-state index in [1.54, 1.807) is 30.7 Å². The highest BCUT2D eigenvalue weighted by Gasteiger charge is 2.17. The number of nitrogens with zero attached hydrogens (tertiary/aromatic N) is 3. The van der Waals surface area contributed by atoms with Gasteiger partial charge in [0.25, 0.3) is 0 Å². The third-order valence-corrected chi connectivity index (χ3v) is 6.41. The van der Waals surface area contributed by atoms with Crippen molar-refractivity contribution in [2.75, 3.05) is 12.4 Å². The largest absolute Gasteiger partial charge is 0.496 e. The molecule has 5 rings (SSSR count). The zero-order chi connectivity index (χ0) is 25.2. The maximum Gasteiger partial charge on any atom is 0.158 e. The maximum absolute atomic E-state index is 14.6. The molecule has 0 saturated heterocycles. The second kappa shape index (κ2) is 9.71. The fraction of sp³-hybridized carbons (Fsp3) is 0.0714. The molecule has 0 amide bonds. The molecule has 0 aliphatic heterocycles. The average molecular weight is 499 g/mol. The summed E-state index contributed by atoms with van der Waals surface area (Å²) < 4.78 is 19.9. The van der Waals surface area contributed by atoms with Crippen molar-refractivity contribution in [2.24, 2.45) is 0 Å². The molecule has 2 heterocycles. The summed E-state index contributed by atoms with van der Waals surface area (Å²) in [5.41, 5.74) is 5.86. The molecule has 0 aliphatic rings. The highest BCUT2D eigenvalue weighted by Crippen LogP contribution is 2.40. The number of aromatic nitrogens is 3. The van der Waals surface area contributed by atoms with Crippen molar-refractivity contribution in [3.8, 4) is 28.0 Å². The van der Waals surface area contributed by atoms with Crippen LogP contribution in [0.2, 0.25) is 5.02 Å². The number of fused-ring (bicyclic) bond motifs is 1. The van der Waals surface area contributed by atoms with Crippen LogP contribution in [0.25, 0.3) is 33.3 Å². The lowest BCUT2D eigenvalue weighted by Crippen LogP contribution is -1.99. The molecule has 178 valence electrons. The topological polar surface area (TPSA) is 77.0 Å². The van der Waals surface area contributed by atoms with Gasteiger partial charge in [0, 0.05) is 24.2 Å². The van der Waals surface area contributed by atoms with Crippen molar-refractivity contribution in [3.63, 3.8) is 0 Å². The normalized spacial score (nSPS) is 10.9. The number of aldehydes is 1. The van der Waals surface area contributed by atoms with E-state index < -0.39 is 5.82 Å². The van der Waals surface area contributed by atoms with Gasteiger partial charge >= 0.3 is 0 Å². The lowest BCUT2D eigenvalue weighted by molar-refractivity contribution is 0.111. The molecule has 0 fully saturated rings. The van der Waals surface area contributed by atoms with E-state index in [0.29, 0.717) is 39.4 Å². The van der Waals surface area contributed by atoms with Gasteiger partial charge in [-0.2, -0.15) is 0 Å². The molecule has 3 aromatic carbocycles. The smallest absolute Gasteiger partial charge is 0.158 e. The molecular formula is C28H20ClFN4O2. The minimum Gasteiger partial charge on any atom is -0.496 e. The molecule has 0 unspecified atom stereocenters. The van der Waals surface area contributed by atoms with Crippen LogP contribution in [0.5, 0.6) is 5.75 Å².